The number of hydrogen-bond donors (Lipinski definition) is 3. The first-order chi connectivity index (χ1) is 16.6. The molecular formula is C26H22N6O2. The average Bonchev–Trinajstić information content (AvgIpc) is 3.28. The summed E-state index contributed by atoms with van der Waals surface area (Å²) in [5.74, 6) is 0. The predicted molar refractivity (Wildman–Crippen MR) is 130 cm³/mol. The molecule has 0 bridgehead atoms. The molecule has 0 atom stereocenters. The van der Waals surface area contributed by atoms with Crippen molar-refractivity contribution in [2.24, 2.45) is 0 Å². The van der Waals surface area contributed by atoms with E-state index in [1.165, 1.54) is 5.56 Å². The van der Waals surface area contributed by atoms with Crippen molar-refractivity contribution in [1.82, 2.24) is 30.2 Å². The number of imidazole rings is 1. The zero-order valence-electron chi connectivity index (χ0n) is 18.3. The largest absolute Gasteiger partial charge is 0.465 e. The van der Waals surface area contributed by atoms with Crippen LogP contribution in [0.15, 0.2) is 73.1 Å². The molecule has 5 aromatic rings. The van der Waals surface area contributed by atoms with Gasteiger partial charge in [0.2, 0.25) is 0 Å². The molecule has 0 spiro atoms. The molecule has 0 aliphatic carbocycles. The summed E-state index contributed by atoms with van der Waals surface area (Å²) >= 11 is 0. The van der Waals surface area contributed by atoms with Crippen LogP contribution in [0.25, 0.3) is 44.6 Å². The van der Waals surface area contributed by atoms with Crippen molar-refractivity contribution >= 4 is 28.2 Å². The molecule has 3 heterocycles. The number of H-pyrrole nitrogens is 1. The SMILES string of the molecule is O=C(O)NC1CN(Cc2ccc(-c3[nH]c4cc5ncnc5cc4nc3-c3ccccc3)cc2)C1. The number of nitrogens with one attached hydrogen (secondary N) is 2. The highest BCUT2D eigenvalue weighted by Crippen LogP contribution is 2.32. The molecule has 3 aromatic carbocycles. The van der Waals surface area contributed by atoms with Gasteiger partial charge in [0.1, 0.15) is 6.33 Å². The normalized spacial score (nSPS) is 14.4. The highest BCUT2D eigenvalue weighted by atomic mass is 16.4. The first-order valence-corrected chi connectivity index (χ1v) is 11.1. The molecule has 3 N–H and O–H groups in total. The van der Waals surface area contributed by atoms with Gasteiger partial charge in [0.05, 0.1) is 39.5 Å². The summed E-state index contributed by atoms with van der Waals surface area (Å²) in [7, 11) is 0. The first kappa shape index (κ1) is 20.3. The van der Waals surface area contributed by atoms with Gasteiger partial charge in [-0.3, -0.25) is 4.90 Å². The molecule has 1 amide bonds. The Kier molecular flexibility index (Phi) is 4.92. The molecule has 0 unspecified atom stereocenters. The minimum atomic E-state index is -0.963. The summed E-state index contributed by atoms with van der Waals surface area (Å²) in [5.41, 5.74) is 8.50. The smallest absolute Gasteiger partial charge is 0.404 e. The fraction of sp³-hybridized carbons (Fsp3) is 0.154. The van der Waals surface area contributed by atoms with E-state index in [0.717, 1.165) is 64.2 Å². The third-order valence-corrected chi connectivity index (χ3v) is 6.20. The molecule has 1 fully saturated rings. The van der Waals surface area contributed by atoms with E-state index < -0.39 is 6.09 Å². The number of aromatic nitrogens is 4. The van der Waals surface area contributed by atoms with Gasteiger partial charge in [-0.05, 0) is 17.7 Å². The van der Waals surface area contributed by atoms with Gasteiger partial charge in [0.25, 0.3) is 0 Å². The quantitative estimate of drug-likeness (QED) is 0.369. The van der Waals surface area contributed by atoms with Crippen LogP contribution in [0.2, 0.25) is 0 Å². The van der Waals surface area contributed by atoms with E-state index in [2.05, 4.69) is 61.6 Å². The lowest BCUT2D eigenvalue weighted by atomic mass is 10.0. The van der Waals surface area contributed by atoms with Crippen molar-refractivity contribution in [3.8, 4) is 22.5 Å². The number of amides is 1. The molecule has 8 nitrogen and oxygen atoms in total. The van der Waals surface area contributed by atoms with E-state index in [1.54, 1.807) is 6.33 Å². The maximum Gasteiger partial charge on any atom is 0.404 e. The standard InChI is InChI=1S/C26H22N6O2/c33-26(34)29-19-13-32(14-19)12-16-6-8-18(9-7-16)25-24(17-4-2-1-3-5-17)30-22-10-20-21(28-15-27-20)11-23(22)31-25/h1-11,15,19,29,31H,12-14H2,(H,33,34). The Morgan fingerprint density at radius 2 is 1.71 bits per heavy atom. The monoisotopic (exact) mass is 450 g/mol. The van der Waals surface area contributed by atoms with Crippen LogP contribution >= 0.6 is 0 Å². The van der Waals surface area contributed by atoms with Crippen molar-refractivity contribution in [3.63, 3.8) is 0 Å². The Morgan fingerprint density at radius 3 is 2.44 bits per heavy atom. The van der Waals surface area contributed by atoms with Crippen LogP contribution in [0, 0.1) is 0 Å². The molecule has 34 heavy (non-hydrogen) atoms. The summed E-state index contributed by atoms with van der Waals surface area (Å²) in [5, 5.41) is 11.4. The van der Waals surface area contributed by atoms with E-state index in [1.807, 2.05) is 30.3 Å². The van der Waals surface area contributed by atoms with Gasteiger partial charge < -0.3 is 15.4 Å². The molecule has 1 aliphatic rings. The topological polar surface area (TPSA) is 107 Å². The Hall–Kier alpha value is -4.30. The van der Waals surface area contributed by atoms with Crippen molar-refractivity contribution < 1.29 is 9.90 Å². The summed E-state index contributed by atoms with van der Waals surface area (Å²) in [4.78, 5) is 30.2. The minimum Gasteiger partial charge on any atom is -0.465 e. The minimum absolute atomic E-state index is 0.0158. The fourth-order valence-electron chi connectivity index (χ4n) is 4.50. The van der Waals surface area contributed by atoms with Gasteiger partial charge in [-0.15, -0.1) is 0 Å². The molecule has 0 saturated carbocycles. The highest BCUT2D eigenvalue weighted by Gasteiger charge is 2.27. The second kappa shape index (κ2) is 8.24. The molecule has 6 rings (SSSR count). The molecule has 1 saturated heterocycles. The van der Waals surface area contributed by atoms with Crippen LogP contribution in [0.3, 0.4) is 0 Å². The summed E-state index contributed by atoms with van der Waals surface area (Å²) in [6.07, 6.45) is 0.605. The van der Waals surface area contributed by atoms with Gasteiger partial charge >= 0.3 is 6.09 Å². The molecule has 8 heteroatoms. The molecular weight excluding hydrogens is 428 g/mol. The maximum atomic E-state index is 10.8. The van der Waals surface area contributed by atoms with Gasteiger partial charge in [0, 0.05) is 30.8 Å². The lowest BCUT2D eigenvalue weighted by Gasteiger charge is -2.38. The van der Waals surface area contributed by atoms with E-state index in [0.29, 0.717) is 0 Å². The summed E-state index contributed by atoms with van der Waals surface area (Å²) < 4.78 is 0. The Morgan fingerprint density at radius 1 is 0.971 bits per heavy atom. The maximum absolute atomic E-state index is 10.8. The summed E-state index contributed by atoms with van der Waals surface area (Å²) in [6.45, 7) is 2.25. The number of nitrogens with zero attached hydrogens (tertiary/aromatic N) is 4. The zero-order valence-corrected chi connectivity index (χ0v) is 18.3. The van der Waals surface area contributed by atoms with Crippen molar-refractivity contribution in [2.75, 3.05) is 13.1 Å². The third-order valence-electron chi connectivity index (χ3n) is 6.20. The van der Waals surface area contributed by atoms with Crippen LogP contribution < -0.4 is 5.32 Å². The van der Waals surface area contributed by atoms with Crippen molar-refractivity contribution in [3.05, 3.63) is 78.6 Å². The van der Waals surface area contributed by atoms with E-state index in [9.17, 15) is 4.79 Å². The summed E-state index contributed by atoms with van der Waals surface area (Å²) in [6, 6.07) is 22.6. The Labute approximate surface area is 195 Å². The lowest BCUT2D eigenvalue weighted by molar-refractivity contribution is 0.111. The number of likely N-dealkylation sites (tertiary alicyclic amines) is 1. The van der Waals surface area contributed by atoms with Crippen LogP contribution in [0.1, 0.15) is 5.56 Å². The third kappa shape index (κ3) is 3.84. The van der Waals surface area contributed by atoms with E-state index in [-0.39, 0.29) is 6.04 Å². The molecule has 1 aliphatic heterocycles. The Balaban J connectivity index is 1.34. The van der Waals surface area contributed by atoms with Gasteiger partial charge in [-0.2, -0.15) is 0 Å². The number of carbonyl (C=O) groups is 1. The lowest BCUT2D eigenvalue weighted by Crippen LogP contribution is -2.58. The van der Waals surface area contributed by atoms with Crippen LogP contribution in [-0.2, 0) is 6.54 Å². The number of fused-ring (bicyclic) bond motifs is 2. The number of benzene rings is 3. The van der Waals surface area contributed by atoms with Crippen LogP contribution in [0.5, 0.6) is 0 Å². The van der Waals surface area contributed by atoms with E-state index >= 15 is 0 Å². The predicted octanol–water partition coefficient (Wildman–Crippen LogP) is 4.29. The first-order valence-electron chi connectivity index (χ1n) is 11.1. The average molecular weight is 451 g/mol. The fourth-order valence-corrected chi connectivity index (χ4v) is 4.50. The van der Waals surface area contributed by atoms with Gasteiger partial charge in [-0.1, -0.05) is 54.6 Å². The molecule has 168 valence electrons. The molecule has 2 aromatic heterocycles. The second-order valence-corrected chi connectivity index (χ2v) is 8.60. The number of aromatic amines is 1. The van der Waals surface area contributed by atoms with Gasteiger partial charge in [0.15, 0.2) is 0 Å². The second-order valence-electron chi connectivity index (χ2n) is 8.60. The van der Waals surface area contributed by atoms with Crippen LogP contribution in [0.4, 0.5) is 4.79 Å². The van der Waals surface area contributed by atoms with E-state index in [4.69, 9.17) is 10.1 Å². The zero-order chi connectivity index (χ0) is 23.1. The van der Waals surface area contributed by atoms with Gasteiger partial charge in [-0.25, -0.2) is 19.7 Å². The highest BCUT2D eigenvalue weighted by molar-refractivity contribution is 5.94. The number of hydrogen-bond acceptors (Lipinski definition) is 5. The van der Waals surface area contributed by atoms with Crippen molar-refractivity contribution in [1.29, 1.82) is 0 Å². The number of carboxylic acid groups (broad SMARTS) is 1. The Bertz CT molecular complexity index is 1490. The van der Waals surface area contributed by atoms with Crippen LogP contribution in [-0.4, -0.2) is 55.2 Å². The number of rotatable bonds is 5. The molecule has 0 radical (unpaired) electrons. The van der Waals surface area contributed by atoms with Crippen molar-refractivity contribution in [2.45, 2.75) is 12.6 Å².